The molecule has 0 aliphatic carbocycles. The largest absolute Gasteiger partial charge is 0.379 e. The number of rotatable bonds is 3. The SMILES string of the molecule is CC(NC(=O)C1(N)CCOC1)C(=O)N1CCCCC1. The van der Waals surface area contributed by atoms with Crippen LogP contribution in [0.15, 0.2) is 0 Å². The van der Waals surface area contributed by atoms with E-state index >= 15 is 0 Å². The van der Waals surface area contributed by atoms with Gasteiger partial charge in [-0.1, -0.05) is 0 Å². The summed E-state index contributed by atoms with van der Waals surface area (Å²) in [7, 11) is 0. The molecular weight excluding hydrogens is 246 g/mol. The standard InChI is InChI=1S/C13H23N3O3/c1-10(11(17)16-6-3-2-4-7-16)15-12(18)13(14)5-8-19-9-13/h10H,2-9,14H2,1H3,(H,15,18). The van der Waals surface area contributed by atoms with Crippen molar-refractivity contribution in [3.63, 3.8) is 0 Å². The van der Waals surface area contributed by atoms with Gasteiger partial charge < -0.3 is 20.7 Å². The molecule has 2 amide bonds. The van der Waals surface area contributed by atoms with Crippen LogP contribution in [0.5, 0.6) is 0 Å². The molecule has 2 rings (SSSR count). The first-order valence-electron chi connectivity index (χ1n) is 6.99. The van der Waals surface area contributed by atoms with Crippen molar-refractivity contribution in [2.45, 2.75) is 44.2 Å². The number of nitrogens with two attached hydrogens (primary N) is 1. The molecule has 0 aromatic heterocycles. The van der Waals surface area contributed by atoms with Gasteiger partial charge in [0.15, 0.2) is 0 Å². The lowest BCUT2D eigenvalue weighted by Crippen LogP contribution is -2.59. The Morgan fingerprint density at radius 1 is 1.32 bits per heavy atom. The highest BCUT2D eigenvalue weighted by Crippen LogP contribution is 2.16. The molecule has 6 heteroatoms. The van der Waals surface area contributed by atoms with Crippen molar-refractivity contribution in [2.24, 2.45) is 5.73 Å². The van der Waals surface area contributed by atoms with Gasteiger partial charge in [0.05, 0.1) is 6.61 Å². The second-order valence-corrected chi connectivity index (χ2v) is 5.54. The molecule has 2 heterocycles. The molecule has 2 fully saturated rings. The molecule has 0 saturated carbocycles. The van der Waals surface area contributed by atoms with Crippen molar-refractivity contribution in [1.29, 1.82) is 0 Å². The first-order valence-corrected chi connectivity index (χ1v) is 6.99. The van der Waals surface area contributed by atoms with E-state index in [0.717, 1.165) is 25.9 Å². The monoisotopic (exact) mass is 269 g/mol. The number of hydrogen-bond donors (Lipinski definition) is 2. The second kappa shape index (κ2) is 5.88. The van der Waals surface area contributed by atoms with Crippen LogP contribution in [0, 0.1) is 0 Å². The van der Waals surface area contributed by atoms with E-state index in [0.29, 0.717) is 13.0 Å². The lowest BCUT2D eigenvalue weighted by molar-refractivity contribution is -0.138. The van der Waals surface area contributed by atoms with E-state index in [-0.39, 0.29) is 18.4 Å². The van der Waals surface area contributed by atoms with Crippen molar-refractivity contribution in [3.05, 3.63) is 0 Å². The molecule has 19 heavy (non-hydrogen) atoms. The van der Waals surface area contributed by atoms with Gasteiger partial charge in [-0.2, -0.15) is 0 Å². The van der Waals surface area contributed by atoms with Gasteiger partial charge in [0.2, 0.25) is 11.8 Å². The van der Waals surface area contributed by atoms with Crippen LogP contribution in [0.3, 0.4) is 0 Å². The smallest absolute Gasteiger partial charge is 0.244 e. The maximum Gasteiger partial charge on any atom is 0.244 e. The molecule has 0 aromatic rings. The number of amides is 2. The summed E-state index contributed by atoms with van der Waals surface area (Å²) in [5.41, 5.74) is 4.99. The van der Waals surface area contributed by atoms with Gasteiger partial charge >= 0.3 is 0 Å². The zero-order chi connectivity index (χ0) is 13.9. The van der Waals surface area contributed by atoms with Gasteiger partial charge in [-0.15, -0.1) is 0 Å². The molecule has 0 radical (unpaired) electrons. The van der Waals surface area contributed by atoms with Gasteiger partial charge in [-0.25, -0.2) is 0 Å². The lowest BCUT2D eigenvalue weighted by Gasteiger charge is -2.30. The number of carbonyl (C=O) groups excluding carboxylic acids is 2. The summed E-state index contributed by atoms with van der Waals surface area (Å²) in [4.78, 5) is 26.1. The Kier molecular flexibility index (Phi) is 4.42. The molecule has 0 spiro atoms. The molecule has 0 bridgehead atoms. The molecule has 108 valence electrons. The van der Waals surface area contributed by atoms with Crippen LogP contribution < -0.4 is 11.1 Å². The van der Waals surface area contributed by atoms with Crippen LogP contribution in [0.2, 0.25) is 0 Å². The maximum atomic E-state index is 12.2. The zero-order valence-corrected chi connectivity index (χ0v) is 11.5. The minimum atomic E-state index is -0.976. The van der Waals surface area contributed by atoms with Crippen LogP contribution in [0.4, 0.5) is 0 Å². The van der Waals surface area contributed by atoms with Crippen LogP contribution in [-0.2, 0) is 14.3 Å². The first-order chi connectivity index (χ1) is 9.03. The Morgan fingerprint density at radius 2 is 2.00 bits per heavy atom. The summed E-state index contributed by atoms with van der Waals surface area (Å²) in [5, 5.41) is 2.72. The minimum absolute atomic E-state index is 0.0180. The van der Waals surface area contributed by atoms with E-state index in [2.05, 4.69) is 5.32 Å². The van der Waals surface area contributed by atoms with Crippen LogP contribution >= 0.6 is 0 Å². The predicted molar refractivity (Wildman–Crippen MR) is 70.4 cm³/mol. The molecular formula is C13H23N3O3. The average Bonchev–Trinajstić information content (AvgIpc) is 2.87. The summed E-state index contributed by atoms with van der Waals surface area (Å²) >= 11 is 0. The minimum Gasteiger partial charge on any atom is -0.379 e. The third kappa shape index (κ3) is 3.25. The summed E-state index contributed by atoms with van der Waals surface area (Å²) < 4.78 is 5.16. The number of nitrogens with one attached hydrogen (secondary N) is 1. The highest BCUT2D eigenvalue weighted by atomic mass is 16.5. The normalized spacial score (nSPS) is 29.1. The van der Waals surface area contributed by atoms with Gasteiger partial charge in [0.1, 0.15) is 11.6 Å². The van der Waals surface area contributed by atoms with Crippen molar-refractivity contribution in [3.8, 4) is 0 Å². The maximum absolute atomic E-state index is 12.2. The van der Waals surface area contributed by atoms with Crippen LogP contribution in [-0.4, -0.2) is 54.6 Å². The highest BCUT2D eigenvalue weighted by Gasteiger charge is 2.39. The van der Waals surface area contributed by atoms with Crippen LogP contribution in [0.1, 0.15) is 32.6 Å². The molecule has 2 atom stereocenters. The van der Waals surface area contributed by atoms with Crippen LogP contribution in [0.25, 0.3) is 0 Å². The van der Waals surface area contributed by atoms with Gasteiger partial charge in [0, 0.05) is 19.7 Å². The molecule has 2 aliphatic heterocycles. The lowest BCUT2D eigenvalue weighted by atomic mass is 9.99. The summed E-state index contributed by atoms with van der Waals surface area (Å²) in [6.07, 6.45) is 3.76. The number of hydrogen-bond acceptors (Lipinski definition) is 4. The number of ether oxygens (including phenoxy) is 1. The summed E-state index contributed by atoms with van der Waals surface area (Å²) in [6.45, 7) is 4.02. The third-order valence-corrected chi connectivity index (χ3v) is 3.89. The number of nitrogens with zero attached hydrogens (tertiary/aromatic N) is 1. The zero-order valence-electron chi connectivity index (χ0n) is 11.5. The van der Waals surface area contributed by atoms with Crippen molar-refractivity contribution < 1.29 is 14.3 Å². The Hall–Kier alpha value is -1.14. The topological polar surface area (TPSA) is 84.7 Å². The average molecular weight is 269 g/mol. The Labute approximate surface area is 113 Å². The number of likely N-dealkylation sites (tertiary alicyclic amines) is 1. The Balaban J connectivity index is 1.87. The fraction of sp³-hybridized carbons (Fsp3) is 0.846. The predicted octanol–water partition coefficient (Wildman–Crippen LogP) is -0.379. The molecule has 3 N–H and O–H groups in total. The van der Waals surface area contributed by atoms with Gasteiger partial charge in [0.25, 0.3) is 0 Å². The summed E-state index contributed by atoms with van der Waals surface area (Å²) in [6, 6.07) is -0.522. The van der Waals surface area contributed by atoms with E-state index in [1.807, 2.05) is 4.90 Å². The molecule has 2 aliphatic rings. The highest BCUT2D eigenvalue weighted by molar-refractivity contribution is 5.92. The van der Waals surface area contributed by atoms with Crippen molar-refractivity contribution in [1.82, 2.24) is 10.2 Å². The molecule has 0 aromatic carbocycles. The Morgan fingerprint density at radius 3 is 2.58 bits per heavy atom. The quantitative estimate of drug-likeness (QED) is 0.731. The fourth-order valence-corrected chi connectivity index (χ4v) is 2.55. The summed E-state index contributed by atoms with van der Waals surface area (Å²) in [5.74, 6) is -0.307. The van der Waals surface area contributed by atoms with E-state index in [1.165, 1.54) is 6.42 Å². The molecule has 6 nitrogen and oxygen atoms in total. The van der Waals surface area contributed by atoms with Gasteiger partial charge in [-0.05, 0) is 32.6 Å². The van der Waals surface area contributed by atoms with Crippen molar-refractivity contribution in [2.75, 3.05) is 26.3 Å². The molecule has 2 unspecified atom stereocenters. The van der Waals surface area contributed by atoms with E-state index in [9.17, 15) is 9.59 Å². The van der Waals surface area contributed by atoms with Crippen molar-refractivity contribution >= 4 is 11.8 Å². The van der Waals surface area contributed by atoms with E-state index in [4.69, 9.17) is 10.5 Å². The fourth-order valence-electron chi connectivity index (χ4n) is 2.55. The number of piperidine rings is 1. The van der Waals surface area contributed by atoms with E-state index in [1.54, 1.807) is 6.92 Å². The van der Waals surface area contributed by atoms with Gasteiger partial charge in [-0.3, -0.25) is 9.59 Å². The first kappa shape index (κ1) is 14.3. The Bertz CT molecular complexity index is 347. The van der Waals surface area contributed by atoms with E-state index < -0.39 is 11.6 Å². The number of carbonyl (C=O) groups is 2. The third-order valence-electron chi connectivity index (χ3n) is 3.89. The molecule has 2 saturated heterocycles. The second-order valence-electron chi connectivity index (χ2n) is 5.54.